The van der Waals surface area contributed by atoms with Gasteiger partial charge in [-0.3, -0.25) is 14.5 Å². The number of fused-ring (bicyclic) bond motifs is 1. The topological polar surface area (TPSA) is 122 Å². The second-order valence-corrected chi connectivity index (χ2v) is 7.11. The first-order valence-corrected chi connectivity index (χ1v) is 9.46. The van der Waals surface area contributed by atoms with E-state index in [2.05, 4.69) is 26.6 Å². The fraction of sp³-hybridized carbons (Fsp3) is 0.300. The Morgan fingerprint density at radius 1 is 1.33 bits per heavy atom. The zero-order valence-electron chi connectivity index (χ0n) is 16.6. The number of nitriles is 1. The molecule has 0 spiro atoms. The molecular weight excluding hydrogens is 384 g/mol. The van der Waals surface area contributed by atoms with Crippen molar-refractivity contribution in [2.75, 3.05) is 11.9 Å². The number of benzene rings is 1. The molecule has 0 unspecified atom stereocenters. The number of carbonyl (C=O) groups excluding carboxylic acids is 2. The van der Waals surface area contributed by atoms with Crippen LogP contribution in [0.25, 0.3) is 0 Å². The molecule has 1 aliphatic heterocycles. The summed E-state index contributed by atoms with van der Waals surface area (Å²) < 4.78 is 3.25. The van der Waals surface area contributed by atoms with Crippen LogP contribution in [-0.4, -0.2) is 49.4 Å². The Morgan fingerprint density at radius 3 is 2.93 bits per heavy atom. The first-order chi connectivity index (χ1) is 14.5. The van der Waals surface area contributed by atoms with Crippen molar-refractivity contribution in [2.45, 2.75) is 32.5 Å². The minimum Gasteiger partial charge on any atom is -0.337 e. The number of carbonyl (C=O) groups is 2. The number of anilines is 1. The molecule has 1 N–H and O–H groups in total. The summed E-state index contributed by atoms with van der Waals surface area (Å²) in [5, 5.41) is 20.5. The Labute approximate surface area is 172 Å². The van der Waals surface area contributed by atoms with Crippen LogP contribution in [0.15, 0.2) is 36.7 Å². The molecule has 2 aromatic heterocycles. The SMILES string of the molecule is Cc1cc2n(n1)CC[C@H](NC(=O)c1ncn(Cc3ccccc3C#N)n1)C(=O)N2C. The molecule has 0 saturated heterocycles. The summed E-state index contributed by atoms with van der Waals surface area (Å²) in [6, 6.07) is 10.4. The molecule has 1 atom stereocenters. The molecule has 0 radical (unpaired) electrons. The van der Waals surface area contributed by atoms with E-state index < -0.39 is 11.9 Å². The van der Waals surface area contributed by atoms with Crippen LogP contribution in [0, 0.1) is 18.3 Å². The third-order valence-corrected chi connectivity index (χ3v) is 5.00. The molecule has 10 heteroatoms. The van der Waals surface area contributed by atoms with E-state index in [9.17, 15) is 14.9 Å². The second-order valence-electron chi connectivity index (χ2n) is 7.11. The van der Waals surface area contributed by atoms with E-state index in [0.717, 1.165) is 11.3 Å². The van der Waals surface area contributed by atoms with Gasteiger partial charge in [0.2, 0.25) is 5.82 Å². The molecule has 0 fully saturated rings. The van der Waals surface area contributed by atoms with Crippen molar-refractivity contribution in [3.63, 3.8) is 0 Å². The monoisotopic (exact) mass is 404 g/mol. The number of likely N-dealkylation sites (N-methyl/N-ethyl adjacent to an activating group) is 1. The normalized spacial score (nSPS) is 16.0. The Bertz CT molecular complexity index is 1160. The summed E-state index contributed by atoms with van der Waals surface area (Å²) in [6.07, 6.45) is 1.85. The lowest BCUT2D eigenvalue weighted by atomic mass is 10.1. The highest BCUT2D eigenvalue weighted by Gasteiger charge is 2.31. The zero-order valence-corrected chi connectivity index (χ0v) is 16.6. The number of hydrogen-bond donors (Lipinski definition) is 1. The van der Waals surface area contributed by atoms with E-state index in [4.69, 9.17) is 0 Å². The van der Waals surface area contributed by atoms with Crippen LogP contribution in [0.5, 0.6) is 0 Å². The van der Waals surface area contributed by atoms with Gasteiger partial charge in [-0.1, -0.05) is 18.2 Å². The van der Waals surface area contributed by atoms with Crippen molar-refractivity contribution in [3.05, 3.63) is 59.3 Å². The van der Waals surface area contributed by atoms with Crippen molar-refractivity contribution in [1.82, 2.24) is 29.9 Å². The Morgan fingerprint density at radius 2 is 2.13 bits per heavy atom. The maximum atomic E-state index is 12.8. The molecule has 0 bridgehead atoms. The Kier molecular flexibility index (Phi) is 5.02. The summed E-state index contributed by atoms with van der Waals surface area (Å²) in [4.78, 5) is 31.0. The number of aromatic nitrogens is 5. The van der Waals surface area contributed by atoms with Gasteiger partial charge in [-0.15, -0.1) is 5.10 Å². The Balaban J connectivity index is 1.45. The van der Waals surface area contributed by atoms with Gasteiger partial charge in [0.25, 0.3) is 11.8 Å². The molecule has 4 rings (SSSR count). The van der Waals surface area contributed by atoms with Gasteiger partial charge in [-0.25, -0.2) is 14.3 Å². The molecule has 3 heterocycles. The summed E-state index contributed by atoms with van der Waals surface area (Å²) >= 11 is 0. The molecule has 2 amide bonds. The average molecular weight is 404 g/mol. The molecule has 152 valence electrons. The quantitative estimate of drug-likeness (QED) is 0.689. The van der Waals surface area contributed by atoms with E-state index in [1.165, 1.54) is 15.9 Å². The summed E-state index contributed by atoms with van der Waals surface area (Å²) in [5.74, 6) is -0.0697. The van der Waals surface area contributed by atoms with Gasteiger partial charge in [0.05, 0.1) is 23.9 Å². The van der Waals surface area contributed by atoms with E-state index in [1.807, 2.05) is 25.1 Å². The van der Waals surface area contributed by atoms with Gasteiger partial charge < -0.3 is 5.32 Å². The molecule has 30 heavy (non-hydrogen) atoms. The van der Waals surface area contributed by atoms with Crippen LogP contribution < -0.4 is 10.2 Å². The molecule has 1 aromatic carbocycles. The van der Waals surface area contributed by atoms with Crippen LogP contribution in [0.2, 0.25) is 0 Å². The third-order valence-electron chi connectivity index (χ3n) is 5.00. The van der Waals surface area contributed by atoms with Gasteiger partial charge >= 0.3 is 0 Å². The number of hydrogen-bond acceptors (Lipinski definition) is 6. The molecular formula is C20H20N8O2. The molecule has 10 nitrogen and oxygen atoms in total. The standard InChI is InChI=1S/C20H20N8O2/c1-13-9-17-26(2)20(30)16(7-8-28(17)24-13)23-19(29)18-22-12-27(25-18)11-15-6-4-3-5-14(15)10-21/h3-6,9,12,16H,7-8,11H2,1-2H3,(H,23,29)/t16-/m0/s1. The summed E-state index contributed by atoms with van der Waals surface area (Å²) in [7, 11) is 1.67. The van der Waals surface area contributed by atoms with Crippen molar-refractivity contribution in [3.8, 4) is 6.07 Å². The van der Waals surface area contributed by atoms with Crippen LogP contribution in [-0.2, 0) is 17.9 Å². The molecule has 1 aliphatic rings. The van der Waals surface area contributed by atoms with Gasteiger partial charge in [-0.05, 0) is 25.0 Å². The largest absolute Gasteiger partial charge is 0.337 e. The zero-order chi connectivity index (χ0) is 21.3. The van der Waals surface area contributed by atoms with E-state index >= 15 is 0 Å². The van der Waals surface area contributed by atoms with Crippen LogP contribution in [0.1, 0.15) is 33.9 Å². The molecule has 0 aliphatic carbocycles. The van der Waals surface area contributed by atoms with Crippen LogP contribution in [0.3, 0.4) is 0 Å². The highest BCUT2D eigenvalue weighted by atomic mass is 16.2. The smallest absolute Gasteiger partial charge is 0.291 e. The number of rotatable bonds is 4. The van der Waals surface area contributed by atoms with Crippen LogP contribution >= 0.6 is 0 Å². The highest BCUT2D eigenvalue weighted by Crippen LogP contribution is 2.21. The lowest BCUT2D eigenvalue weighted by Gasteiger charge is -2.19. The summed E-state index contributed by atoms with van der Waals surface area (Å²) in [5.41, 5.74) is 2.15. The van der Waals surface area contributed by atoms with Gasteiger partial charge in [0, 0.05) is 19.7 Å². The fourth-order valence-electron chi connectivity index (χ4n) is 3.46. The van der Waals surface area contributed by atoms with Gasteiger partial charge in [-0.2, -0.15) is 10.4 Å². The van der Waals surface area contributed by atoms with Gasteiger partial charge in [0.15, 0.2) is 0 Å². The predicted octanol–water partition coefficient (Wildman–Crippen LogP) is 0.868. The highest BCUT2D eigenvalue weighted by molar-refractivity contribution is 6.00. The molecule has 0 saturated carbocycles. The van der Waals surface area contributed by atoms with E-state index in [1.54, 1.807) is 23.9 Å². The maximum Gasteiger partial charge on any atom is 0.291 e. The van der Waals surface area contributed by atoms with Crippen molar-refractivity contribution >= 4 is 17.6 Å². The number of amides is 2. The number of aryl methyl sites for hydroxylation is 2. The lowest BCUT2D eigenvalue weighted by molar-refractivity contribution is -0.120. The minimum absolute atomic E-state index is 0.0299. The third kappa shape index (κ3) is 3.65. The predicted molar refractivity (Wildman–Crippen MR) is 107 cm³/mol. The van der Waals surface area contributed by atoms with Crippen LogP contribution in [0.4, 0.5) is 5.82 Å². The summed E-state index contributed by atoms with van der Waals surface area (Å²) in [6.45, 7) is 2.70. The Hall–Kier alpha value is -4.00. The first-order valence-electron chi connectivity index (χ1n) is 9.46. The van der Waals surface area contributed by atoms with Crippen molar-refractivity contribution < 1.29 is 9.59 Å². The average Bonchev–Trinajstić information content (AvgIpc) is 3.34. The van der Waals surface area contributed by atoms with E-state index in [0.29, 0.717) is 30.9 Å². The fourth-order valence-corrected chi connectivity index (χ4v) is 3.46. The molecule has 3 aromatic rings. The maximum absolute atomic E-state index is 12.8. The number of nitrogens with one attached hydrogen (secondary N) is 1. The van der Waals surface area contributed by atoms with E-state index in [-0.39, 0.29) is 11.7 Å². The lowest BCUT2D eigenvalue weighted by Crippen LogP contribution is -2.47. The minimum atomic E-state index is -0.698. The van der Waals surface area contributed by atoms with Gasteiger partial charge in [0.1, 0.15) is 18.2 Å². The second kappa shape index (κ2) is 7.79. The number of nitrogens with zero attached hydrogens (tertiary/aromatic N) is 7. The van der Waals surface area contributed by atoms with Crippen molar-refractivity contribution in [2.24, 2.45) is 0 Å². The first kappa shape index (κ1) is 19.3. The van der Waals surface area contributed by atoms with Crippen molar-refractivity contribution in [1.29, 1.82) is 5.26 Å².